The summed E-state index contributed by atoms with van der Waals surface area (Å²) in [6.07, 6.45) is 3.97. The molecule has 2 aromatic rings. The van der Waals surface area contributed by atoms with Crippen LogP contribution < -0.4 is 5.32 Å². The maximum Gasteiger partial charge on any atom is 0.0928 e. The number of rotatable bonds is 9. The van der Waals surface area contributed by atoms with Gasteiger partial charge in [0.25, 0.3) is 0 Å². The van der Waals surface area contributed by atoms with Crippen molar-refractivity contribution in [2.24, 2.45) is 5.92 Å². The van der Waals surface area contributed by atoms with Crippen LogP contribution in [0.15, 0.2) is 40.3 Å². The summed E-state index contributed by atoms with van der Waals surface area (Å²) in [6, 6.07) is 8.59. The highest BCUT2D eigenvalue weighted by Gasteiger charge is 2.12. The molecular formula is C16H21BrN2OS. The number of ether oxygens (including phenoxy) is 1. The quantitative estimate of drug-likeness (QED) is 0.687. The fourth-order valence-corrected chi connectivity index (χ4v) is 3.25. The van der Waals surface area contributed by atoms with E-state index in [1.54, 1.807) is 18.4 Å². The van der Waals surface area contributed by atoms with E-state index in [2.05, 4.69) is 50.5 Å². The molecule has 0 fully saturated rings. The maximum absolute atomic E-state index is 5.08. The summed E-state index contributed by atoms with van der Waals surface area (Å²) in [5.74, 6) is 0.550. The molecule has 0 saturated carbocycles. The van der Waals surface area contributed by atoms with Gasteiger partial charge in [0, 0.05) is 36.1 Å². The fraction of sp³-hybridized carbons (Fsp3) is 0.438. The predicted octanol–water partition coefficient (Wildman–Crippen LogP) is 3.54. The first-order valence-electron chi connectivity index (χ1n) is 7.10. The van der Waals surface area contributed by atoms with E-state index in [-0.39, 0.29) is 0 Å². The van der Waals surface area contributed by atoms with Crippen molar-refractivity contribution in [2.75, 3.05) is 26.8 Å². The molecule has 0 saturated heterocycles. The summed E-state index contributed by atoms with van der Waals surface area (Å²) >= 11 is 5.22. The van der Waals surface area contributed by atoms with Gasteiger partial charge in [-0.25, -0.2) is 4.98 Å². The van der Waals surface area contributed by atoms with Gasteiger partial charge in [0.05, 0.1) is 11.6 Å². The Hall–Kier alpha value is -0.750. The van der Waals surface area contributed by atoms with Crippen molar-refractivity contribution in [3.63, 3.8) is 0 Å². The first-order chi connectivity index (χ1) is 10.3. The van der Waals surface area contributed by atoms with E-state index in [1.165, 1.54) is 10.6 Å². The van der Waals surface area contributed by atoms with Gasteiger partial charge in [-0.05, 0) is 36.6 Å². The van der Waals surface area contributed by atoms with Gasteiger partial charge in [-0.1, -0.05) is 28.1 Å². The van der Waals surface area contributed by atoms with E-state index >= 15 is 0 Å². The first-order valence-corrected chi connectivity index (χ1v) is 8.77. The fourth-order valence-electron chi connectivity index (χ4n) is 2.25. The van der Waals surface area contributed by atoms with E-state index in [0.717, 1.165) is 37.0 Å². The minimum absolute atomic E-state index is 0.550. The lowest BCUT2D eigenvalue weighted by Gasteiger charge is -2.17. The summed E-state index contributed by atoms with van der Waals surface area (Å²) < 4.78 is 6.21. The second-order valence-corrected chi connectivity index (χ2v) is 6.92. The Kier molecular flexibility index (Phi) is 7.36. The SMILES string of the molecule is COCCNCC(Cc1ccc(Br)cc1)Cc1nccs1. The third kappa shape index (κ3) is 6.26. The molecule has 114 valence electrons. The number of nitrogens with one attached hydrogen (secondary N) is 1. The smallest absolute Gasteiger partial charge is 0.0928 e. The van der Waals surface area contributed by atoms with Gasteiger partial charge < -0.3 is 10.1 Å². The van der Waals surface area contributed by atoms with Crippen LogP contribution in [0.3, 0.4) is 0 Å². The summed E-state index contributed by atoms with van der Waals surface area (Å²) in [6.45, 7) is 2.63. The van der Waals surface area contributed by atoms with Crippen LogP contribution in [0.5, 0.6) is 0 Å². The normalized spacial score (nSPS) is 12.5. The van der Waals surface area contributed by atoms with E-state index < -0.39 is 0 Å². The summed E-state index contributed by atoms with van der Waals surface area (Å²) in [5.41, 5.74) is 1.37. The molecule has 1 aromatic heterocycles. The molecule has 1 aromatic carbocycles. The van der Waals surface area contributed by atoms with E-state index in [9.17, 15) is 0 Å². The Bertz CT molecular complexity index is 502. The van der Waals surface area contributed by atoms with Crippen LogP contribution in [0.4, 0.5) is 0 Å². The maximum atomic E-state index is 5.08. The number of hydrogen-bond donors (Lipinski definition) is 1. The highest BCUT2D eigenvalue weighted by molar-refractivity contribution is 9.10. The molecule has 5 heteroatoms. The van der Waals surface area contributed by atoms with Crippen molar-refractivity contribution >= 4 is 27.3 Å². The Morgan fingerprint density at radius 3 is 2.76 bits per heavy atom. The van der Waals surface area contributed by atoms with Gasteiger partial charge in [-0.2, -0.15) is 0 Å². The Labute approximate surface area is 138 Å². The number of benzene rings is 1. The van der Waals surface area contributed by atoms with Crippen molar-refractivity contribution in [2.45, 2.75) is 12.8 Å². The Balaban J connectivity index is 1.91. The third-order valence-corrected chi connectivity index (χ3v) is 4.63. The third-order valence-electron chi connectivity index (χ3n) is 3.30. The summed E-state index contributed by atoms with van der Waals surface area (Å²) in [5, 5.41) is 6.73. The number of hydrogen-bond acceptors (Lipinski definition) is 4. The lowest BCUT2D eigenvalue weighted by molar-refractivity contribution is 0.197. The van der Waals surface area contributed by atoms with Gasteiger partial charge in [0.2, 0.25) is 0 Å². The van der Waals surface area contributed by atoms with E-state index in [1.807, 2.05) is 11.6 Å². The largest absolute Gasteiger partial charge is 0.383 e. The predicted molar refractivity (Wildman–Crippen MR) is 91.9 cm³/mol. The van der Waals surface area contributed by atoms with Crippen LogP contribution in [0.2, 0.25) is 0 Å². The summed E-state index contributed by atoms with van der Waals surface area (Å²) in [7, 11) is 1.73. The second kappa shape index (κ2) is 9.30. The molecule has 1 unspecified atom stereocenters. The van der Waals surface area contributed by atoms with Gasteiger partial charge in [0.1, 0.15) is 0 Å². The molecule has 0 aliphatic carbocycles. The van der Waals surface area contributed by atoms with Gasteiger partial charge in [-0.15, -0.1) is 11.3 Å². The zero-order valence-electron chi connectivity index (χ0n) is 12.2. The lowest BCUT2D eigenvalue weighted by atomic mass is 9.96. The molecule has 0 bridgehead atoms. The van der Waals surface area contributed by atoms with Crippen molar-refractivity contribution in [1.29, 1.82) is 0 Å². The molecule has 3 nitrogen and oxygen atoms in total. The van der Waals surface area contributed by atoms with E-state index in [0.29, 0.717) is 5.92 Å². The zero-order valence-corrected chi connectivity index (χ0v) is 14.6. The lowest BCUT2D eigenvalue weighted by Crippen LogP contribution is -2.28. The topological polar surface area (TPSA) is 34.1 Å². The molecule has 0 aliphatic heterocycles. The molecule has 1 heterocycles. The van der Waals surface area contributed by atoms with Crippen LogP contribution in [0.25, 0.3) is 0 Å². The van der Waals surface area contributed by atoms with Crippen LogP contribution in [0, 0.1) is 5.92 Å². The number of nitrogens with zero attached hydrogens (tertiary/aromatic N) is 1. The first kappa shape index (κ1) is 16.6. The average Bonchev–Trinajstić information content (AvgIpc) is 2.99. The standard InChI is InChI=1S/C16H21BrN2OS/c1-20-8-6-18-12-14(11-16-19-7-9-21-16)10-13-2-4-15(17)5-3-13/h2-5,7,9,14,18H,6,8,10-12H2,1H3. The monoisotopic (exact) mass is 368 g/mol. The van der Waals surface area contributed by atoms with Gasteiger partial charge in [-0.3, -0.25) is 0 Å². The molecule has 0 radical (unpaired) electrons. The molecule has 0 spiro atoms. The molecule has 0 amide bonds. The molecule has 1 N–H and O–H groups in total. The minimum Gasteiger partial charge on any atom is -0.383 e. The number of methoxy groups -OCH3 is 1. The van der Waals surface area contributed by atoms with Crippen molar-refractivity contribution in [1.82, 2.24) is 10.3 Å². The molecule has 21 heavy (non-hydrogen) atoms. The van der Waals surface area contributed by atoms with Gasteiger partial charge >= 0.3 is 0 Å². The Morgan fingerprint density at radius 1 is 1.29 bits per heavy atom. The van der Waals surface area contributed by atoms with Crippen LogP contribution in [-0.2, 0) is 17.6 Å². The summed E-state index contributed by atoms with van der Waals surface area (Å²) in [4.78, 5) is 4.41. The Morgan fingerprint density at radius 2 is 2.10 bits per heavy atom. The second-order valence-electron chi connectivity index (χ2n) is 5.02. The highest BCUT2D eigenvalue weighted by Crippen LogP contribution is 2.18. The van der Waals surface area contributed by atoms with Crippen LogP contribution >= 0.6 is 27.3 Å². The van der Waals surface area contributed by atoms with Crippen molar-refractivity contribution in [3.8, 4) is 0 Å². The molecule has 1 atom stereocenters. The van der Waals surface area contributed by atoms with Crippen molar-refractivity contribution < 1.29 is 4.74 Å². The molecular weight excluding hydrogens is 348 g/mol. The number of thiazole rings is 1. The highest BCUT2D eigenvalue weighted by atomic mass is 79.9. The minimum atomic E-state index is 0.550. The number of halogens is 1. The van der Waals surface area contributed by atoms with Crippen molar-refractivity contribution in [3.05, 3.63) is 50.9 Å². The number of aromatic nitrogens is 1. The van der Waals surface area contributed by atoms with E-state index in [4.69, 9.17) is 4.74 Å². The van der Waals surface area contributed by atoms with Gasteiger partial charge in [0.15, 0.2) is 0 Å². The molecule has 2 rings (SSSR count). The average molecular weight is 369 g/mol. The molecule has 0 aliphatic rings. The zero-order chi connectivity index (χ0) is 14.9. The van der Waals surface area contributed by atoms with Crippen LogP contribution in [0.1, 0.15) is 10.6 Å². The van der Waals surface area contributed by atoms with Crippen LogP contribution in [-0.4, -0.2) is 31.8 Å².